The number of nitrogens with zero attached hydrogens (tertiary/aromatic N) is 3. The summed E-state index contributed by atoms with van der Waals surface area (Å²) in [6.07, 6.45) is 1.94. The fourth-order valence-corrected chi connectivity index (χ4v) is 5.27. The molecule has 0 saturated carbocycles. The molecule has 5 rings (SSSR count). The minimum absolute atomic E-state index is 0.0243. The van der Waals surface area contributed by atoms with Crippen molar-refractivity contribution in [3.05, 3.63) is 74.6 Å². The minimum Gasteiger partial charge on any atom is -0.490 e. The van der Waals surface area contributed by atoms with Crippen molar-refractivity contribution in [2.45, 2.75) is 52.5 Å². The van der Waals surface area contributed by atoms with Gasteiger partial charge in [0.1, 0.15) is 10.6 Å². The second-order valence-corrected chi connectivity index (χ2v) is 10.2. The molecule has 0 unspecified atom stereocenters. The Morgan fingerprint density at radius 2 is 1.86 bits per heavy atom. The molecule has 37 heavy (non-hydrogen) atoms. The molecular formula is C28H29N3O5S. The van der Waals surface area contributed by atoms with E-state index in [1.54, 1.807) is 24.3 Å². The first-order valence-electron chi connectivity index (χ1n) is 12.6. The second kappa shape index (κ2) is 10.3. The number of para-hydroxylation sites is 1. The highest BCUT2D eigenvalue weighted by atomic mass is 32.1. The summed E-state index contributed by atoms with van der Waals surface area (Å²) in [5.41, 5.74) is 1.11. The van der Waals surface area contributed by atoms with Crippen molar-refractivity contribution < 1.29 is 18.7 Å². The Morgan fingerprint density at radius 3 is 2.59 bits per heavy atom. The molecular weight excluding hydrogens is 490 g/mol. The molecule has 1 aliphatic heterocycles. The topological polar surface area (TPSA) is 94.8 Å². The van der Waals surface area contributed by atoms with Crippen LogP contribution in [-0.2, 0) is 0 Å². The number of unbranched alkanes of at least 4 members (excludes halogenated alkanes) is 1. The lowest BCUT2D eigenvalue weighted by molar-refractivity contribution is 0.0970. The molecule has 4 aromatic rings. The van der Waals surface area contributed by atoms with E-state index in [0.717, 1.165) is 17.8 Å². The molecule has 0 aliphatic carbocycles. The highest BCUT2D eigenvalue weighted by Crippen LogP contribution is 2.44. The Labute approximate surface area is 218 Å². The lowest BCUT2D eigenvalue weighted by atomic mass is 9.98. The van der Waals surface area contributed by atoms with E-state index in [4.69, 9.17) is 13.9 Å². The highest BCUT2D eigenvalue weighted by molar-refractivity contribution is 7.15. The number of fused-ring (bicyclic) bond motifs is 2. The first-order valence-corrected chi connectivity index (χ1v) is 13.4. The lowest BCUT2D eigenvalue weighted by Gasteiger charge is -2.23. The lowest BCUT2D eigenvalue weighted by Crippen LogP contribution is -2.29. The molecule has 9 heteroatoms. The van der Waals surface area contributed by atoms with Crippen LogP contribution in [-0.4, -0.2) is 29.3 Å². The summed E-state index contributed by atoms with van der Waals surface area (Å²) in [6.45, 7) is 9.06. The van der Waals surface area contributed by atoms with Crippen LogP contribution in [0.4, 0.5) is 5.13 Å². The molecule has 0 N–H and O–H groups in total. The molecule has 8 nitrogen and oxygen atoms in total. The van der Waals surface area contributed by atoms with Crippen LogP contribution in [0.15, 0.2) is 51.7 Å². The van der Waals surface area contributed by atoms with Gasteiger partial charge in [0, 0.05) is 5.92 Å². The molecule has 0 bridgehead atoms. The zero-order valence-electron chi connectivity index (χ0n) is 21.3. The monoisotopic (exact) mass is 519 g/mol. The minimum atomic E-state index is -0.750. The first kappa shape index (κ1) is 25.0. The van der Waals surface area contributed by atoms with Gasteiger partial charge >= 0.3 is 0 Å². The molecule has 192 valence electrons. The van der Waals surface area contributed by atoms with Gasteiger partial charge in [-0.25, -0.2) is 0 Å². The maximum Gasteiger partial charge on any atom is 0.297 e. The standard InChI is InChI=1S/C28H29N3O5S/c1-5-7-14-35-20-13-12-17(15-21(20)34-6-2)23-22-24(32)18-10-8-9-11-19(18)36-25(22)27(33)31(23)28-30-29-26(37-28)16(3)4/h8-13,15-16,23H,5-7,14H2,1-4H3/t23-/m0/s1. The molecule has 0 fully saturated rings. The van der Waals surface area contributed by atoms with Gasteiger partial charge < -0.3 is 13.9 Å². The molecule has 0 radical (unpaired) electrons. The van der Waals surface area contributed by atoms with E-state index < -0.39 is 11.9 Å². The smallest absolute Gasteiger partial charge is 0.297 e. The van der Waals surface area contributed by atoms with Crippen LogP contribution < -0.4 is 19.8 Å². The molecule has 1 atom stereocenters. The molecule has 3 heterocycles. The molecule has 1 amide bonds. The van der Waals surface area contributed by atoms with Gasteiger partial charge in [0.25, 0.3) is 5.91 Å². The van der Waals surface area contributed by atoms with E-state index in [2.05, 4.69) is 17.1 Å². The summed E-state index contributed by atoms with van der Waals surface area (Å²) < 4.78 is 17.9. The fourth-order valence-electron chi connectivity index (χ4n) is 4.40. The van der Waals surface area contributed by atoms with E-state index >= 15 is 0 Å². The molecule has 0 spiro atoms. The number of amides is 1. The normalized spacial score (nSPS) is 15.0. The van der Waals surface area contributed by atoms with Crippen molar-refractivity contribution in [1.82, 2.24) is 10.2 Å². The number of ether oxygens (including phenoxy) is 2. The van der Waals surface area contributed by atoms with Crippen LogP contribution >= 0.6 is 11.3 Å². The van der Waals surface area contributed by atoms with Crippen LogP contribution in [0.5, 0.6) is 11.5 Å². The molecule has 0 saturated heterocycles. The number of hydrogen-bond donors (Lipinski definition) is 0. The van der Waals surface area contributed by atoms with Gasteiger partial charge in [0.15, 0.2) is 16.9 Å². The van der Waals surface area contributed by atoms with Crippen molar-refractivity contribution in [3.63, 3.8) is 0 Å². The van der Waals surface area contributed by atoms with Crippen molar-refractivity contribution in [2.24, 2.45) is 0 Å². The average molecular weight is 520 g/mol. The van der Waals surface area contributed by atoms with Crippen molar-refractivity contribution in [3.8, 4) is 11.5 Å². The zero-order chi connectivity index (χ0) is 26.1. The average Bonchev–Trinajstić information content (AvgIpc) is 3.49. The number of rotatable bonds is 9. The Hall–Kier alpha value is -3.72. The van der Waals surface area contributed by atoms with Gasteiger partial charge in [-0.1, -0.05) is 56.7 Å². The summed E-state index contributed by atoms with van der Waals surface area (Å²) in [6, 6.07) is 11.7. The predicted molar refractivity (Wildman–Crippen MR) is 143 cm³/mol. The van der Waals surface area contributed by atoms with Gasteiger partial charge in [-0.3, -0.25) is 14.5 Å². The van der Waals surface area contributed by atoms with Crippen molar-refractivity contribution in [2.75, 3.05) is 18.1 Å². The van der Waals surface area contributed by atoms with Crippen LogP contribution in [0.3, 0.4) is 0 Å². The van der Waals surface area contributed by atoms with E-state index in [9.17, 15) is 9.59 Å². The quantitative estimate of drug-likeness (QED) is 0.247. The SMILES string of the molecule is CCCCOc1ccc([C@H]2c3c(oc4ccccc4c3=O)C(=O)N2c2nnc(C(C)C)s2)cc1OCC. The first-order chi connectivity index (χ1) is 17.9. The van der Waals surface area contributed by atoms with Gasteiger partial charge in [0.05, 0.1) is 30.2 Å². The van der Waals surface area contributed by atoms with Gasteiger partial charge in [-0.15, -0.1) is 10.2 Å². The van der Waals surface area contributed by atoms with Gasteiger partial charge in [-0.2, -0.15) is 0 Å². The van der Waals surface area contributed by atoms with Crippen LogP contribution in [0.25, 0.3) is 11.0 Å². The Kier molecular flexibility index (Phi) is 6.97. The molecule has 2 aromatic carbocycles. The highest BCUT2D eigenvalue weighted by Gasteiger charge is 2.45. The molecule has 2 aromatic heterocycles. The third-order valence-corrected chi connectivity index (χ3v) is 7.47. The van der Waals surface area contributed by atoms with E-state index in [1.807, 2.05) is 39.0 Å². The third-order valence-electron chi connectivity index (χ3n) is 6.25. The molecule has 1 aliphatic rings. The summed E-state index contributed by atoms with van der Waals surface area (Å²) >= 11 is 1.34. The number of anilines is 1. The third kappa shape index (κ3) is 4.48. The Bertz CT molecular complexity index is 1510. The van der Waals surface area contributed by atoms with Crippen molar-refractivity contribution >= 4 is 33.3 Å². The van der Waals surface area contributed by atoms with Crippen LogP contribution in [0.1, 0.15) is 79.2 Å². The van der Waals surface area contributed by atoms with E-state index in [0.29, 0.717) is 46.4 Å². The van der Waals surface area contributed by atoms with Crippen LogP contribution in [0, 0.1) is 0 Å². The Morgan fingerprint density at radius 1 is 1.05 bits per heavy atom. The van der Waals surface area contributed by atoms with E-state index in [1.165, 1.54) is 16.2 Å². The number of benzene rings is 2. The number of aromatic nitrogens is 2. The summed E-state index contributed by atoms with van der Waals surface area (Å²) in [5, 5.41) is 10.3. The number of carbonyl (C=O) groups excluding carboxylic acids is 1. The Balaban J connectivity index is 1.69. The maximum absolute atomic E-state index is 13.8. The second-order valence-electron chi connectivity index (χ2n) is 9.17. The van der Waals surface area contributed by atoms with Gasteiger partial charge in [-0.05, 0) is 43.2 Å². The summed E-state index contributed by atoms with van der Waals surface area (Å²) in [7, 11) is 0. The largest absolute Gasteiger partial charge is 0.490 e. The predicted octanol–water partition coefficient (Wildman–Crippen LogP) is 6.10. The summed E-state index contributed by atoms with van der Waals surface area (Å²) in [5.74, 6) is 0.934. The summed E-state index contributed by atoms with van der Waals surface area (Å²) in [4.78, 5) is 29.1. The van der Waals surface area contributed by atoms with Crippen LogP contribution in [0.2, 0.25) is 0 Å². The van der Waals surface area contributed by atoms with Gasteiger partial charge in [0.2, 0.25) is 10.9 Å². The van der Waals surface area contributed by atoms with E-state index in [-0.39, 0.29) is 22.7 Å². The fraction of sp³-hybridized carbons (Fsp3) is 0.357. The zero-order valence-corrected chi connectivity index (χ0v) is 22.1. The number of hydrogen-bond acceptors (Lipinski definition) is 8. The van der Waals surface area contributed by atoms with Crippen molar-refractivity contribution in [1.29, 1.82) is 0 Å². The number of carbonyl (C=O) groups is 1. The maximum atomic E-state index is 13.8.